The van der Waals surface area contributed by atoms with E-state index < -0.39 is 0 Å². The van der Waals surface area contributed by atoms with Gasteiger partial charge in [-0.3, -0.25) is 4.79 Å². The number of fused-ring (bicyclic) bond motifs is 2. The summed E-state index contributed by atoms with van der Waals surface area (Å²) in [5, 5.41) is 9.39. The molecule has 3 nitrogen and oxygen atoms in total. The minimum Gasteiger partial charge on any atom is -0.393 e. The van der Waals surface area contributed by atoms with Crippen LogP contribution in [0, 0.1) is 11.3 Å². The van der Waals surface area contributed by atoms with E-state index in [1.54, 1.807) is 0 Å². The Morgan fingerprint density at radius 1 is 1.50 bits per heavy atom. The summed E-state index contributed by atoms with van der Waals surface area (Å²) in [6.07, 6.45) is 2.69. The van der Waals surface area contributed by atoms with Crippen molar-refractivity contribution in [2.24, 2.45) is 11.3 Å². The summed E-state index contributed by atoms with van der Waals surface area (Å²) in [7, 11) is 0. The molecule has 3 heteroatoms. The minimum atomic E-state index is -0.279. The number of carbonyl (C=O) groups excluding carboxylic acids is 1. The summed E-state index contributed by atoms with van der Waals surface area (Å²) in [5.74, 6) is 0.739. The van der Waals surface area contributed by atoms with Crippen molar-refractivity contribution in [1.29, 1.82) is 0 Å². The second kappa shape index (κ2) is 3.81. The average molecular weight is 226 g/mol. The number of hydrogen-bond acceptors (Lipinski definition) is 3. The van der Waals surface area contributed by atoms with Crippen molar-refractivity contribution in [2.75, 3.05) is 6.61 Å². The van der Waals surface area contributed by atoms with Gasteiger partial charge < -0.3 is 9.84 Å². The maximum atomic E-state index is 11.7. The molecule has 1 saturated heterocycles. The van der Waals surface area contributed by atoms with Crippen LogP contribution >= 0.6 is 0 Å². The van der Waals surface area contributed by atoms with Crippen LogP contribution in [0.4, 0.5) is 0 Å². The summed E-state index contributed by atoms with van der Waals surface area (Å²) < 4.78 is 5.88. The molecular formula is C13H22O3. The van der Waals surface area contributed by atoms with E-state index in [4.69, 9.17) is 4.74 Å². The second-order valence-corrected chi connectivity index (χ2v) is 6.13. The topological polar surface area (TPSA) is 46.5 Å². The van der Waals surface area contributed by atoms with Crippen LogP contribution in [-0.4, -0.2) is 29.2 Å². The average Bonchev–Trinajstić information content (AvgIpc) is 2.27. The number of aliphatic hydroxyl groups excluding tert-OH is 1. The molecule has 0 aromatic rings. The van der Waals surface area contributed by atoms with E-state index in [2.05, 4.69) is 13.8 Å². The highest BCUT2D eigenvalue weighted by Gasteiger charge is 2.57. The number of ether oxygens (including phenoxy) is 1. The maximum Gasteiger partial charge on any atom is 0.136 e. The number of rotatable bonds is 3. The van der Waals surface area contributed by atoms with Gasteiger partial charge in [0.15, 0.2) is 0 Å². The largest absolute Gasteiger partial charge is 0.393 e. The van der Waals surface area contributed by atoms with E-state index in [0.717, 1.165) is 12.8 Å². The van der Waals surface area contributed by atoms with Crippen molar-refractivity contribution in [3.05, 3.63) is 0 Å². The lowest BCUT2D eigenvalue weighted by atomic mass is 9.61. The molecule has 0 aromatic carbocycles. The van der Waals surface area contributed by atoms with Crippen LogP contribution in [0.1, 0.15) is 46.5 Å². The molecule has 1 heterocycles. The Bertz CT molecular complexity index is 278. The predicted molar refractivity (Wildman–Crippen MR) is 61.1 cm³/mol. The third kappa shape index (κ3) is 1.91. The van der Waals surface area contributed by atoms with E-state index in [-0.39, 0.29) is 17.1 Å². The third-order valence-corrected chi connectivity index (χ3v) is 4.33. The van der Waals surface area contributed by atoms with E-state index in [0.29, 0.717) is 31.1 Å². The summed E-state index contributed by atoms with van der Waals surface area (Å²) in [5.41, 5.74) is -0.280. The molecule has 2 aliphatic rings. The first-order valence-corrected chi connectivity index (χ1v) is 6.19. The summed E-state index contributed by atoms with van der Waals surface area (Å²) in [6.45, 7) is 6.73. The van der Waals surface area contributed by atoms with E-state index in [9.17, 15) is 9.90 Å². The number of ketones is 1. The quantitative estimate of drug-likeness (QED) is 0.799. The molecule has 1 aliphatic carbocycles. The molecule has 1 N–H and O–H groups in total. The fourth-order valence-corrected chi connectivity index (χ4v) is 3.58. The van der Waals surface area contributed by atoms with Gasteiger partial charge in [0.25, 0.3) is 0 Å². The Morgan fingerprint density at radius 2 is 2.19 bits per heavy atom. The smallest absolute Gasteiger partial charge is 0.136 e. The molecule has 2 fully saturated rings. The Balaban J connectivity index is 2.14. The molecule has 4 atom stereocenters. The molecule has 1 saturated carbocycles. The minimum absolute atomic E-state index is 0.00102. The van der Waals surface area contributed by atoms with Gasteiger partial charge in [0.05, 0.1) is 18.3 Å². The van der Waals surface area contributed by atoms with Gasteiger partial charge in [-0.2, -0.15) is 0 Å². The second-order valence-electron chi connectivity index (χ2n) is 6.13. The number of carbonyl (C=O) groups is 1. The lowest BCUT2D eigenvalue weighted by molar-refractivity contribution is -0.130. The van der Waals surface area contributed by atoms with Crippen molar-refractivity contribution in [1.82, 2.24) is 0 Å². The van der Waals surface area contributed by atoms with Gasteiger partial charge >= 0.3 is 0 Å². The Hall–Kier alpha value is -0.410. The summed E-state index contributed by atoms with van der Waals surface area (Å²) in [6, 6.07) is 0. The molecule has 1 unspecified atom stereocenters. The first-order chi connectivity index (χ1) is 7.36. The highest BCUT2D eigenvalue weighted by molar-refractivity contribution is 5.81. The molecule has 92 valence electrons. The van der Waals surface area contributed by atoms with Gasteiger partial charge in [-0.05, 0) is 32.6 Å². The first-order valence-electron chi connectivity index (χ1n) is 6.19. The molecule has 2 bridgehead atoms. The fourth-order valence-electron chi connectivity index (χ4n) is 3.58. The van der Waals surface area contributed by atoms with E-state index in [1.165, 1.54) is 0 Å². The number of Topliss-reactive ketones (excluding diaryl/α,β-unsaturated/α-hetero) is 1. The number of aliphatic hydroxyl groups is 1. The molecule has 0 amide bonds. The summed E-state index contributed by atoms with van der Waals surface area (Å²) in [4.78, 5) is 11.7. The lowest BCUT2D eigenvalue weighted by Crippen LogP contribution is -2.45. The van der Waals surface area contributed by atoms with Crippen LogP contribution in [-0.2, 0) is 9.53 Å². The first kappa shape index (κ1) is 12.1. The predicted octanol–water partition coefficient (Wildman–Crippen LogP) is 1.92. The molecule has 2 rings (SSSR count). The van der Waals surface area contributed by atoms with Crippen molar-refractivity contribution in [3.63, 3.8) is 0 Å². The van der Waals surface area contributed by atoms with Crippen LogP contribution in [0.5, 0.6) is 0 Å². The van der Waals surface area contributed by atoms with Crippen LogP contribution in [0.25, 0.3) is 0 Å². The van der Waals surface area contributed by atoms with Gasteiger partial charge in [-0.25, -0.2) is 0 Å². The zero-order chi connectivity index (χ0) is 12.0. The highest BCUT2D eigenvalue weighted by Crippen LogP contribution is 2.54. The molecule has 0 aromatic heterocycles. The molecule has 0 radical (unpaired) electrons. The fraction of sp³-hybridized carbons (Fsp3) is 0.923. The number of hydrogen-bond donors (Lipinski definition) is 1. The van der Waals surface area contributed by atoms with Gasteiger partial charge in [-0.1, -0.05) is 6.92 Å². The lowest BCUT2D eigenvalue weighted by Gasteiger charge is -2.41. The van der Waals surface area contributed by atoms with E-state index in [1.807, 2.05) is 6.92 Å². The molecule has 16 heavy (non-hydrogen) atoms. The van der Waals surface area contributed by atoms with Crippen molar-refractivity contribution >= 4 is 5.78 Å². The standard InChI is InChI=1S/C13H22O3/c1-9(14)4-5-11-12(2)6-10(15)7-13(11,3)16-8-12/h9,11,14H,4-8H2,1-3H3/t9?,11-,12-,13-/m1/s1. The Labute approximate surface area is 97.2 Å². The van der Waals surface area contributed by atoms with Crippen LogP contribution in [0.3, 0.4) is 0 Å². The van der Waals surface area contributed by atoms with E-state index >= 15 is 0 Å². The van der Waals surface area contributed by atoms with Crippen LogP contribution in [0.2, 0.25) is 0 Å². The summed E-state index contributed by atoms with van der Waals surface area (Å²) >= 11 is 0. The van der Waals surface area contributed by atoms with Crippen molar-refractivity contribution < 1.29 is 14.6 Å². The van der Waals surface area contributed by atoms with Gasteiger partial charge in [0.2, 0.25) is 0 Å². The third-order valence-electron chi connectivity index (χ3n) is 4.33. The van der Waals surface area contributed by atoms with Gasteiger partial charge in [0, 0.05) is 18.3 Å². The normalized spacial score (nSPS) is 44.8. The molecular weight excluding hydrogens is 204 g/mol. The highest BCUT2D eigenvalue weighted by atomic mass is 16.5. The zero-order valence-electron chi connectivity index (χ0n) is 10.5. The Morgan fingerprint density at radius 3 is 2.75 bits per heavy atom. The van der Waals surface area contributed by atoms with Crippen LogP contribution < -0.4 is 0 Å². The van der Waals surface area contributed by atoms with Crippen LogP contribution in [0.15, 0.2) is 0 Å². The Kier molecular flexibility index (Phi) is 2.87. The van der Waals surface area contributed by atoms with Crippen molar-refractivity contribution in [3.8, 4) is 0 Å². The van der Waals surface area contributed by atoms with Gasteiger partial charge in [0.1, 0.15) is 5.78 Å². The zero-order valence-corrected chi connectivity index (χ0v) is 10.5. The SMILES string of the molecule is CC(O)CC[C@@H]1[C@@]2(C)CO[C@]1(C)CC(=O)C2. The molecule has 1 aliphatic heterocycles. The van der Waals surface area contributed by atoms with Crippen molar-refractivity contribution in [2.45, 2.75) is 58.2 Å². The monoisotopic (exact) mass is 226 g/mol. The van der Waals surface area contributed by atoms with Gasteiger partial charge in [-0.15, -0.1) is 0 Å². The molecule has 0 spiro atoms. The maximum absolute atomic E-state index is 11.7.